The summed E-state index contributed by atoms with van der Waals surface area (Å²) in [4.78, 5) is 11.8. The van der Waals surface area contributed by atoms with Crippen LogP contribution in [0.15, 0.2) is 18.2 Å². The first-order valence-electron chi connectivity index (χ1n) is 5.35. The van der Waals surface area contributed by atoms with Crippen molar-refractivity contribution in [2.24, 2.45) is 5.73 Å². The Hall–Kier alpha value is -1.57. The van der Waals surface area contributed by atoms with Gasteiger partial charge in [-0.2, -0.15) is 5.26 Å². The largest absolute Gasteiger partial charge is 0.324 e. The van der Waals surface area contributed by atoms with E-state index in [0.717, 1.165) is 6.42 Å². The molecular formula is C12H12ClN3O. The lowest BCUT2D eigenvalue weighted by atomic mass is 9.77. The molecule has 1 aromatic carbocycles. The van der Waals surface area contributed by atoms with E-state index in [0.29, 0.717) is 29.1 Å². The second-order valence-corrected chi connectivity index (χ2v) is 4.68. The van der Waals surface area contributed by atoms with Gasteiger partial charge < -0.3 is 11.1 Å². The van der Waals surface area contributed by atoms with E-state index in [2.05, 4.69) is 5.32 Å². The van der Waals surface area contributed by atoms with E-state index in [1.807, 2.05) is 6.07 Å². The summed E-state index contributed by atoms with van der Waals surface area (Å²) in [5.41, 5.74) is 6.03. The number of nitrogens with one attached hydrogen (secondary N) is 1. The summed E-state index contributed by atoms with van der Waals surface area (Å²) in [5.74, 6) is -0.199. The van der Waals surface area contributed by atoms with Gasteiger partial charge in [0.25, 0.3) is 0 Å². The minimum absolute atomic E-state index is 0.199. The summed E-state index contributed by atoms with van der Waals surface area (Å²) in [7, 11) is 0. The van der Waals surface area contributed by atoms with Crippen LogP contribution in [0.4, 0.5) is 5.69 Å². The average Bonchev–Trinajstić information content (AvgIpc) is 2.28. The maximum Gasteiger partial charge on any atom is 0.244 e. The predicted octanol–water partition coefficient (Wildman–Crippen LogP) is 2.03. The van der Waals surface area contributed by atoms with Crippen molar-refractivity contribution in [2.45, 2.75) is 24.8 Å². The Labute approximate surface area is 104 Å². The number of benzene rings is 1. The molecule has 88 valence electrons. The smallest absolute Gasteiger partial charge is 0.244 e. The zero-order valence-corrected chi connectivity index (χ0v) is 9.92. The first-order valence-corrected chi connectivity index (χ1v) is 5.73. The lowest BCUT2D eigenvalue weighted by Gasteiger charge is -2.36. The molecule has 17 heavy (non-hydrogen) atoms. The number of rotatable bonds is 2. The van der Waals surface area contributed by atoms with Crippen LogP contribution in [0, 0.1) is 11.3 Å². The lowest BCUT2D eigenvalue weighted by molar-refractivity contribution is -0.123. The number of nitrogens with zero attached hydrogens (tertiary/aromatic N) is 1. The van der Waals surface area contributed by atoms with Gasteiger partial charge in [-0.05, 0) is 37.5 Å². The zero-order chi connectivity index (χ0) is 12.5. The van der Waals surface area contributed by atoms with Crippen LogP contribution >= 0.6 is 11.6 Å². The van der Waals surface area contributed by atoms with Gasteiger partial charge in [0.2, 0.25) is 5.91 Å². The molecule has 5 heteroatoms. The van der Waals surface area contributed by atoms with Crippen molar-refractivity contribution in [1.29, 1.82) is 5.26 Å². The van der Waals surface area contributed by atoms with Crippen LogP contribution in [-0.4, -0.2) is 11.4 Å². The highest BCUT2D eigenvalue weighted by Gasteiger charge is 2.40. The molecule has 4 nitrogen and oxygen atoms in total. The number of amides is 1. The maximum atomic E-state index is 11.8. The number of carbonyl (C=O) groups excluding carboxylic acids is 1. The van der Waals surface area contributed by atoms with E-state index < -0.39 is 5.54 Å². The van der Waals surface area contributed by atoms with Gasteiger partial charge in [0.1, 0.15) is 6.07 Å². The Morgan fingerprint density at radius 2 is 2.24 bits per heavy atom. The Morgan fingerprint density at radius 1 is 1.53 bits per heavy atom. The summed E-state index contributed by atoms with van der Waals surface area (Å²) < 4.78 is 0. The number of nitrogens with two attached hydrogens (primary N) is 1. The van der Waals surface area contributed by atoms with Crippen LogP contribution in [0.5, 0.6) is 0 Å². The molecule has 1 aromatic rings. The highest BCUT2D eigenvalue weighted by atomic mass is 35.5. The van der Waals surface area contributed by atoms with Gasteiger partial charge >= 0.3 is 0 Å². The van der Waals surface area contributed by atoms with Gasteiger partial charge in [-0.25, -0.2) is 0 Å². The van der Waals surface area contributed by atoms with Gasteiger partial charge in [0, 0.05) is 5.69 Å². The SMILES string of the molecule is N#Cc1cc(NC(=O)C2(N)CCC2)ccc1Cl. The molecule has 3 N–H and O–H groups in total. The number of carbonyl (C=O) groups is 1. The molecule has 0 aliphatic heterocycles. The van der Waals surface area contributed by atoms with Gasteiger partial charge in [0.05, 0.1) is 16.1 Å². The topological polar surface area (TPSA) is 78.9 Å². The molecule has 0 radical (unpaired) electrons. The fourth-order valence-corrected chi connectivity index (χ4v) is 1.89. The summed E-state index contributed by atoms with van der Waals surface area (Å²) in [6.45, 7) is 0. The van der Waals surface area contributed by atoms with Crippen molar-refractivity contribution >= 4 is 23.2 Å². The third kappa shape index (κ3) is 2.26. The summed E-state index contributed by atoms with van der Waals surface area (Å²) >= 11 is 5.80. The van der Waals surface area contributed by atoms with Crippen LogP contribution < -0.4 is 11.1 Å². The van der Waals surface area contributed by atoms with Crippen molar-refractivity contribution in [3.8, 4) is 6.07 Å². The zero-order valence-electron chi connectivity index (χ0n) is 9.16. The molecule has 1 amide bonds. The standard InChI is InChI=1S/C12H12ClN3O/c13-10-3-2-9(6-8(10)7-14)16-11(17)12(15)4-1-5-12/h2-3,6H,1,4-5,15H2,(H,16,17). The number of hydrogen-bond acceptors (Lipinski definition) is 3. The normalized spacial score (nSPS) is 16.8. The number of nitriles is 1. The quantitative estimate of drug-likeness (QED) is 0.842. The highest BCUT2D eigenvalue weighted by Crippen LogP contribution is 2.30. The molecule has 1 saturated carbocycles. The van der Waals surface area contributed by atoms with Crippen molar-refractivity contribution in [1.82, 2.24) is 0 Å². The number of halogens is 1. The molecule has 0 spiro atoms. The maximum absolute atomic E-state index is 11.8. The van der Waals surface area contributed by atoms with Crippen LogP contribution in [0.25, 0.3) is 0 Å². The summed E-state index contributed by atoms with van der Waals surface area (Å²) in [6, 6.07) is 6.74. The van der Waals surface area contributed by atoms with E-state index in [4.69, 9.17) is 22.6 Å². The van der Waals surface area contributed by atoms with Crippen molar-refractivity contribution in [2.75, 3.05) is 5.32 Å². The Bertz CT molecular complexity index is 503. The van der Waals surface area contributed by atoms with E-state index in [-0.39, 0.29) is 5.91 Å². The molecule has 0 bridgehead atoms. The van der Waals surface area contributed by atoms with E-state index >= 15 is 0 Å². The first-order chi connectivity index (χ1) is 8.05. The molecule has 0 saturated heterocycles. The fourth-order valence-electron chi connectivity index (χ4n) is 1.73. The summed E-state index contributed by atoms with van der Waals surface area (Å²) in [5, 5.41) is 11.9. The van der Waals surface area contributed by atoms with Gasteiger partial charge in [-0.1, -0.05) is 11.6 Å². The summed E-state index contributed by atoms with van der Waals surface area (Å²) in [6.07, 6.45) is 2.39. The monoisotopic (exact) mass is 249 g/mol. The second-order valence-electron chi connectivity index (χ2n) is 4.27. The Kier molecular flexibility index (Phi) is 3.05. The van der Waals surface area contributed by atoms with Crippen molar-refractivity contribution < 1.29 is 4.79 Å². The van der Waals surface area contributed by atoms with Gasteiger partial charge in [-0.15, -0.1) is 0 Å². The molecule has 2 rings (SSSR count). The number of anilines is 1. The van der Waals surface area contributed by atoms with Gasteiger partial charge in [0.15, 0.2) is 0 Å². The molecule has 0 atom stereocenters. The Balaban J connectivity index is 2.14. The van der Waals surface area contributed by atoms with Crippen molar-refractivity contribution in [3.63, 3.8) is 0 Å². The minimum atomic E-state index is -0.744. The van der Waals surface area contributed by atoms with Crippen LogP contribution in [0.3, 0.4) is 0 Å². The molecule has 0 heterocycles. The predicted molar refractivity (Wildman–Crippen MR) is 65.6 cm³/mol. The molecule has 1 aliphatic rings. The third-order valence-electron chi connectivity index (χ3n) is 3.04. The fraction of sp³-hybridized carbons (Fsp3) is 0.333. The van der Waals surface area contributed by atoms with E-state index in [1.54, 1.807) is 18.2 Å². The number of hydrogen-bond donors (Lipinski definition) is 2. The van der Waals surface area contributed by atoms with E-state index in [9.17, 15) is 4.79 Å². The van der Waals surface area contributed by atoms with Crippen LogP contribution in [0.2, 0.25) is 5.02 Å². The van der Waals surface area contributed by atoms with E-state index in [1.165, 1.54) is 0 Å². The highest BCUT2D eigenvalue weighted by molar-refractivity contribution is 6.31. The van der Waals surface area contributed by atoms with Crippen LogP contribution in [0.1, 0.15) is 24.8 Å². The van der Waals surface area contributed by atoms with Crippen molar-refractivity contribution in [3.05, 3.63) is 28.8 Å². The molecule has 0 aromatic heterocycles. The molecule has 1 fully saturated rings. The first kappa shape index (κ1) is 11.9. The average molecular weight is 250 g/mol. The van der Waals surface area contributed by atoms with Crippen LogP contribution in [-0.2, 0) is 4.79 Å². The second kappa shape index (κ2) is 4.36. The molecule has 0 unspecified atom stereocenters. The Morgan fingerprint density at radius 3 is 2.76 bits per heavy atom. The molecule has 1 aliphatic carbocycles. The molecular weight excluding hydrogens is 238 g/mol. The third-order valence-corrected chi connectivity index (χ3v) is 3.37. The lowest BCUT2D eigenvalue weighted by Crippen LogP contribution is -2.56. The van der Waals surface area contributed by atoms with Gasteiger partial charge in [-0.3, -0.25) is 4.79 Å². The minimum Gasteiger partial charge on any atom is -0.324 e.